The third kappa shape index (κ3) is 9.31. The van der Waals surface area contributed by atoms with Gasteiger partial charge in [-0.15, -0.1) is 0 Å². The van der Waals surface area contributed by atoms with E-state index < -0.39 is 0 Å². The molecule has 0 fully saturated rings. The maximum Gasteiger partial charge on any atom is 0.134 e. The highest BCUT2D eigenvalue weighted by atomic mass is 16.5. The Bertz CT molecular complexity index is 207. The summed E-state index contributed by atoms with van der Waals surface area (Å²) in [5.74, 6) is 0. The zero-order valence-electron chi connectivity index (χ0n) is 14.1. The van der Waals surface area contributed by atoms with Crippen molar-refractivity contribution in [2.75, 3.05) is 46.9 Å². The molecule has 0 atom stereocenters. The van der Waals surface area contributed by atoms with Gasteiger partial charge in [-0.3, -0.25) is 4.90 Å². The summed E-state index contributed by atoms with van der Waals surface area (Å²) in [7, 11) is 4.54. The molecule has 19 heavy (non-hydrogen) atoms. The molecule has 0 bridgehead atoms. The SMILES string of the molecule is [CH2+]CC[N+](C)(C)CCCOCCN(C(C)C)C(C)C. The van der Waals surface area contributed by atoms with Crippen molar-refractivity contribution < 1.29 is 9.22 Å². The van der Waals surface area contributed by atoms with Crippen molar-refractivity contribution in [3.63, 3.8) is 0 Å². The third-order valence-corrected chi connectivity index (χ3v) is 3.64. The Morgan fingerprint density at radius 1 is 1.00 bits per heavy atom. The van der Waals surface area contributed by atoms with E-state index in [4.69, 9.17) is 4.74 Å². The van der Waals surface area contributed by atoms with E-state index in [0.29, 0.717) is 12.1 Å². The molecule has 3 nitrogen and oxygen atoms in total. The largest absolute Gasteiger partial charge is 0.380 e. The van der Waals surface area contributed by atoms with Gasteiger partial charge in [0.15, 0.2) is 0 Å². The molecular weight excluding hydrogens is 236 g/mol. The number of hydrogen-bond donors (Lipinski definition) is 0. The van der Waals surface area contributed by atoms with E-state index in [-0.39, 0.29) is 0 Å². The van der Waals surface area contributed by atoms with Crippen LogP contribution in [0, 0.1) is 6.92 Å². The fourth-order valence-corrected chi connectivity index (χ4v) is 2.52. The fraction of sp³-hybridized carbons (Fsp3) is 0.938. The zero-order valence-corrected chi connectivity index (χ0v) is 14.1. The van der Waals surface area contributed by atoms with Crippen molar-refractivity contribution >= 4 is 0 Å². The predicted molar refractivity (Wildman–Crippen MR) is 84.2 cm³/mol. The van der Waals surface area contributed by atoms with Crippen molar-refractivity contribution in [3.05, 3.63) is 6.92 Å². The van der Waals surface area contributed by atoms with E-state index in [1.807, 2.05) is 0 Å². The standard InChI is InChI=1S/C16H36N2O/c1-8-11-18(6,7)12-9-13-19-14-10-17(15(2)3)16(4)5/h15-16H,1,8-14H2,2-7H3/q+2. The van der Waals surface area contributed by atoms with Gasteiger partial charge in [-0.2, -0.15) is 0 Å². The van der Waals surface area contributed by atoms with Crippen LogP contribution < -0.4 is 0 Å². The number of hydrogen-bond acceptors (Lipinski definition) is 2. The molecule has 0 spiro atoms. The quantitative estimate of drug-likeness (QED) is 0.326. The second-order valence-electron chi connectivity index (χ2n) is 6.63. The van der Waals surface area contributed by atoms with Crippen molar-refractivity contribution in [3.8, 4) is 0 Å². The average Bonchev–Trinajstić information content (AvgIpc) is 2.26. The molecule has 0 rings (SSSR count). The summed E-state index contributed by atoms with van der Waals surface area (Å²) in [5, 5.41) is 0. The van der Waals surface area contributed by atoms with Crippen LogP contribution in [0.2, 0.25) is 0 Å². The second-order valence-corrected chi connectivity index (χ2v) is 6.63. The lowest BCUT2D eigenvalue weighted by Gasteiger charge is -2.30. The van der Waals surface area contributed by atoms with Crippen LogP contribution in [0.3, 0.4) is 0 Å². The molecule has 0 saturated carbocycles. The van der Waals surface area contributed by atoms with Crippen LogP contribution in [0.4, 0.5) is 0 Å². The normalized spacial score (nSPS) is 12.9. The zero-order chi connectivity index (χ0) is 14.9. The van der Waals surface area contributed by atoms with Gasteiger partial charge in [0, 0.05) is 25.0 Å². The maximum atomic E-state index is 5.77. The van der Waals surface area contributed by atoms with Gasteiger partial charge in [-0.25, -0.2) is 0 Å². The van der Waals surface area contributed by atoms with E-state index in [2.05, 4.69) is 53.6 Å². The molecule has 0 aliphatic carbocycles. The van der Waals surface area contributed by atoms with Gasteiger partial charge in [0.2, 0.25) is 0 Å². The minimum Gasteiger partial charge on any atom is -0.380 e. The van der Waals surface area contributed by atoms with Gasteiger partial charge in [0.1, 0.15) is 13.0 Å². The molecule has 0 radical (unpaired) electrons. The van der Waals surface area contributed by atoms with Crippen molar-refractivity contribution in [1.29, 1.82) is 0 Å². The van der Waals surface area contributed by atoms with Crippen LogP contribution in [0.15, 0.2) is 0 Å². The van der Waals surface area contributed by atoms with Gasteiger partial charge >= 0.3 is 0 Å². The van der Waals surface area contributed by atoms with Crippen LogP contribution in [0.25, 0.3) is 0 Å². The summed E-state index contributed by atoms with van der Waals surface area (Å²) in [6.45, 7) is 18.0. The monoisotopic (exact) mass is 272 g/mol. The molecule has 0 heterocycles. The Kier molecular flexibility index (Phi) is 9.50. The van der Waals surface area contributed by atoms with Crippen LogP contribution in [-0.2, 0) is 4.74 Å². The minimum absolute atomic E-state index is 0.594. The van der Waals surface area contributed by atoms with Crippen molar-refractivity contribution in [2.45, 2.75) is 52.6 Å². The number of quaternary nitrogens is 1. The smallest absolute Gasteiger partial charge is 0.134 e. The first-order valence-corrected chi connectivity index (χ1v) is 7.75. The van der Waals surface area contributed by atoms with Crippen molar-refractivity contribution in [2.24, 2.45) is 0 Å². The molecule has 0 saturated heterocycles. The van der Waals surface area contributed by atoms with Crippen LogP contribution in [0.5, 0.6) is 0 Å². The molecule has 3 heteroatoms. The summed E-state index contributed by atoms with van der Waals surface area (Å²) in [6.07, 6.45) is 2.14. The molecule has 0 aromatic rings. The van der Waals surface area contributed by atoms with Gasteiger partial charge in [-0.05, 0) is 27.7 Å². The summed E-state index contributed by atoms with van der Waals surface area (Å²) in [4.78, 5) is 2.47. The van der Waals surface area contributed by atoms with Crippen LogP contribution in [0.1, 0.15) is 40.5 Å². The minimum atomic E-state index is 0.594. The number of rotatable bonds is 11. The lowest BCUT2D eigenvalue weighted by molar-refractivity contribution is -0.890. The molecule has 0 aliphatic heterocycles. The summed E-state index contributed by atoms with van der Waals surface area (Å²) in [5.41, 5.74) is 0. The molecular formula is C16H36N2O+2. The van der Waals surface area contributed by atoms with E-state index in [9.17, 15) is 0 Å². The van der Waals surface area contributed by atoms with E-state index in [1.165, 1.54) is 6.54 Å². The highest BCUT2D eigenvalue weighted by Gasteiger charge is 2.15. The Hall–Kier alpha value is -0.250. The third-order valence-electron chi connectivity index (χ3n) is 3.64. The first-order chi connectivity index (χ1) is 8.80. The number of ether oxygens (including phenoxy) is 1. The Balaban J connectivity index is 3.65. The molecule has 0 unspecified atom stereocenters. The highest BCUT2D eigenvalue weighted by Crippen LogP contribution is 2.05. The molecule has 0 aliphatic rings. The summed E-state index contributed by atoms with van der Waals surface area (Å²) in [6, 6.07) is 1.19. The van der Waals surface area contributed by atoms with Gasteiger partial charge in [0.25, 0.3) is 0 Å². The molecule has 0 N–H and O–H groups in total. The molecule has 0 amide bonds. The summed E-state index contributed by atoms with van der Waals surface area (Å²) < 4.78 is 6.82. The Morgan fingerprint density at radius 2 is 1.58 bits per heavy atom. The lowest BCUT2D eigenvalue weighted by atomic mass is 10.2. The Morgan fingerprint density at radius 3 is 2.05 bits per heavy atom. The van der Waals surface area contributed by atoms with Gasteiger partial charge < -0.3 is 9.22 Å². The predicted octanol–water partition coefficient (Wildman–Crippen LogP) is 2.81. The topological polar surface area (TPSA) is 12.5 Å². The average molecular weight is 272 g/mol. The van der Waals surface area contributed by atoms with Crippen LogP contribution >= 0.6 is 0 Å². The van der Waals surface area contributed by atoms with Crippen LogP contribution in [-0.4, -0.2) is 68.4 Å². The van der Waals surface area contributed by atoms with E-state index in [1.54, 1.807) is 0 Å². The van der Waals surface area contributed by atoms with Gasteiger partial charge in [-0.1, -0.05) is 0 Å². The first kappa shape index (κ1) is 18.8. The molecule has 0 aromatic heterocycles. The van der Waals surface area contributed by atoms with Gasteiger partial charge in [0.05, 0.1) is 40.8 Å². The number of nitrogens with zero attached hydrogens (tertiary/aromatic N) is 2. The van der Waals surface area contributed by atoms with E-state index >= 15 is 0 Å². The second kappa shape index (κ2) is 9.62. The first-order valence-electron chi connectivity index (χ1n) is 7.75. The Labute approximate surface area is 121 Å². The molecule has 114 valence electrons. The maximum absolute atomic E-state index is 5.77. The fourth-order valence-electron chi connectivity index (χ4n) is 2.52. The molecule has 0 aromatic carbocycles. The lowest BCUT2D eigenvalue weighted by Crippen LogP contribution is -2.41. The highest BCUT2D eigenvalue weighted by molar-refractivity contribution is 4.66. The van der Waals surface area contributed by atoms with E-state index in [0.717, 1.165) is 43.6 Å². The summed E-state index contributed by atoms with van der Waals surface area (Å²) >= 11 is 0. The van der Waals surface area contributed by atoms with Crippen molar-refractivity contribution in [1.82, 2.24) is 4.90 Å².